The minimum absolute atomic E-state index is 0.0889. The Kier molecular flexibility index (Phi) is 3.99. The lowest BCUT2D eigenvalue weighted by molar-refractivity contribution is -0.150. The first-order valence-corrected chi connectivity index (χ1v) is 6.34. The Morgan fingerprint density at radius 2 is 1.71 bits per heavy atom. The molecule has 0 bridgehead atoms. The summed E-state index contributed by atoms with van der Waals surface area (Å²) in [6.07, 6.45) is 2.73. The molecule has 1 unspecified atom stereocenters. The summed E-state index contributed by atoms with van der Waals surface area (Å²) in [5.74, 6) is 0.193. The molecule has 17 heavy (non-hydrogen) atoms. The zero-order valence-corrected chi connectivity index (χ0v) is 10.4. The van der Waals surface area contributed by atoms with Gasteiger partial charge in [-0.25, -0.2) is 0 Å². The number of rotatable bonds is 1. The summed E-state index contributed by atoms with van der Waals surface area (Å²) < 4.78 is 5.50. The van der Waals surface area contributed by atoms with E-state index in [2.05, 4.69) is 0 Å². The van der Waals surface area contributed by atoms with Crippen LogP contribution >= 0.6 is 0 Å². The average molecular weight is 240 g/mol. The van der Waals surface area contributed by atoms with Crippen molar-refractivity contribution in [2.24, 2.45) is 0 Å². The van der Waals surface area contributed by atoms with Crippen LogP contribution in [0.2, 0.25) is 0 Å². The van der Waals surface area contributed by atoms with Crippen LogP contribution in [0.1, 0.15) is 26.2 Å². The van der Waals surface area contributed by atoms with Crippen molar-refractivity contribution >= 4 is 11.8 Å². The van der Waals surface area contributed by atoms with Crippen LogP contribution in [0.5, 0.6) is 0 Å². The number of amides is 2. The van der Waals surface area contributed by atoms with Gasteiger partial charge in [0.1, 0.15) is 6.10 Å². The maximum atomic E-state index is 12.1. The summed E-state index contributed by atoms with van der Waals surface area (Å²) in [4.78, 5) is 26.9. The molecule has 2 heterocycles. The molecule has 0 aromatic heterocycles. The number of hydrogen-bond acceptors (Lipinski definition) is 3. The molecule has 0 aromatic carbocycles. The zero-order chi connectivity index (χ0) is 12.3. The van der Waals surface area contributed by atoms with E-state index in [0.29, 0.717) is 32.8 Å². The van der Waals surface area contributed by atoms with E-state index in [1.807, 2.05) is 4.90 Å². The average Bonchev–Trinajstić information content (AvgIpc) is 2.39. The maximum Gasteiger partial charge on any atom is 0.251 e. The molecule has 0 aliphatic carbocycles. The number of carbonyl (C=O) groups is 2. The Morgan fingerprint density at radius 1 is 1.06 bits per heavy atom. The SMILES string of the molecule is CC(=O)N1CCN(C(=O)C2CCCCO2)CC1. The van der Waals surface area contributed by atoms with Gasteiger partial charge in [0.05, 0.1) is 0 Å². The van der Waals surface area contributed by atoms with Crippen molar-refractivity contribution in [2.45, 2.75) is 32.3 Å². The van der Waals surface area contributed by atoms with Crippen LogP contribution in [-0.2, 0) is 14.3 Å². The normalized spacial score (nSPS) is 25.8. The van der Waals surface area contributed by atoms with Gasteiger partial charge in [-0.15, -0.1) is 0 Å². The molecule has 2 aliphatic heterocycles. The first kappa shape index (κ1) is 12.4. The molecular formula is C12H20N2O3. The van der Waals surface area contributed by atoms with Gasteiger partial charge in [0.2, 0.25) is 5.91 Å². The molecule has 2 aliphatic rings. The summed E-state index contributed by atoms with van der Waals surface area (Å²) in [6, 6.07) is 0. The second-order valence-corrected chi connectivity index (χ2v) is 4.69. The molecule has 0 radical (unpaired) electrons. The van der Waals surface area contributed by atoms with E-state index in [1.54, 1.807) is 11.8 Å². The molecule has 2 amide bonds. The molecular weight excluding hydrogens is 220 g/mol. The smallest absolute Gasteiger partial charge is 0.251 e. The van der Waals surface area contributed by atoms with E-state index >= 15 is 0 Å². The molecule has 0 saturated carbocycles. The van der Waals surface area contributed by atoms with Gasteiger partial charge in [0.25, 0.3) is 5.91 Å². The van der Waals surface area contributed by atoms with Crippen LogP contribution in [0.4, 0.5) is 0 Å². The van der Waals surface area contributed by atoms with Gasteiger partial charge < -0.3 is 14.5 Å². The third-order valence-corrected chi connectivity index (χ3v) is 3.49. The summed E-state index contributed by atoms with van der Waals surface area (Å²) >= 11 is 0. The monoisotopic (exact) mass is 240 g/mol. The lowest BCUT2D eigenvalue weighted by Gasteiger charge is -2.36. The largest absolute Gasteiger partial charge is 0.368 e. The first-order valence-electron chi connectivity index (χ1n) is 6.34. The lowest BCUT2D eigenvalue weighted by atomic mass is 10.1. The Labute approximate surface area is 102 Å². The highest BCUT2D eigenvalue weighted by Crippen LogP contribution is 2.16. The predicted molar refractivity (Wildman–Crippen MR) is 62.4 cm³/mol. The second kappa shape index (κ2) is 5.49. The van der Waals surface area contributed by atoms with E-state index in [-0.39, 0.29) is 17.9 Å². The Hall–Kier alpha value is -1.10. The fraction of sp³-hybridized carbons (Fsp3) is 0.833. The van der Waals surface area contributed by atoms with Crippen LogP contribution in [0, 0.1) is 0 Å². The third kappa shape index (κ3) is 2.97. The van der Waals surface area contributed by atoms with Crippen LogP contribution in [0.25, 0.3) is 0 Å². The molecule has 5 heteroatoms. The Balaban J connectivity index is 1.83. The fourth-order valence-corrected chi connectivity index (χ4v) is 2.38. The van der Waals surface area contributed by atoms with E-state index in [9.17, 15) is 9.59 Å². The number of hydrogen-bond donors (Lipinski definition) is 0. The minimum atomic E-state index is -0.243. The van der Waals surface area contributed by atoms with Crippen molar-refractivity contribution in [1.29, 1.82) is 0 Å². The van der Waals surface area contributed by atoms with Crippen molar-refractivity contribution in [1.82, 2.24) is 9.80 Å². The third-order valence-electron chi connectivity index (χ3n) is 3.49. The topological polar surface area (TPSA) is 49.9 Å². The van der Waals surface area contributed by atoms with Gasteiger partial charge >= 0.3 is 0 Å². The molecule has 2 rings (SSSR count). The van der Waals surface area contributed by atoms with Gasteiger partial charge in [0.15, 0.2) is 0 Å². The Morgan fingerprint density at radius 3 is 2.24 bits per heavy atom. The molecule has 1 atom stereocenters. The van der Waals surface area contributed by atoms with Crippen LogP contribution in [-0.4, -0.2) is 60.5 Å². The van der Waals surface area contributed by atoms with Gasteiger partial charge in [-0.1, -0.05) is 0 Å². The van der Waals surface area contributed by atoms with Crippen molar-refractivity contribution in [2.75, 3.05) is 32.8 Å². The molecule has 5 nitrogen and oxygen atoms in total. The van der Waals surface area contributed by atoms with E-state index in [1.165, 1.54) is 0 Å². The quantitative estimate of drug-likeness (QED) is 0.660. The summed E-state index contributed by atoms with van der Waals surface area (Å²) in [5, 5.41) is 0. The molecule has 2 saturated heterocycles. The standard InChI is InChI=1S/C12H20N2O3/c1-10(15)13-5-7-14(8-6-13)12(16)11-4-2-3-9-17-11/h11H,2-9H2,1H3. The van der Waals surface area contributed by atoms with Crippen molar-refractivity contribution < 1.29 is 14.3 Å². The van der Waals surface area contributed by atoms with Gasteiger partial charge in [-0.2, -0.15) is 0 Å². The van der Waals surface area contributed by atoms with Gasteiger partial charge in [-0.3, -0.25) is 9.59 Å². The highest BCUT2D eigenvalue weighted by atomic mass is 16.5. The Bertz CT molecular complexity index is 292. The summed E-state index contributed by atoms with van der Waals surface area (Å²) in [5.41, 5.74) is 0. The highest BCUT2D eigenvalue weighted by molar-refractivity contribution is 5.81. The van der Waals surface area contributed by atoms with Crippen LogP contribution in [0.3, 0.4) is 0 Å². The first-order chi connectivity index (χ1) is 8.18. The van der Waals surface area contributed by atoms with Gasteiger partial charge in [-0.05, 0) is 19.3 Å². The molecule has 2 fully saturated rings. The van der Waals surface area contributed by atoms with Crippen molar-refractivity contribution in [3.63, 3.8) is 0 Å². The lowest BCUT2D eigenvalue weighted by Crippen LogP contribution is -2.53. The molecule has 0 spiro atoms. The molecule has 0 N–H and O–H groups in total. The van der Waals surface area contributed by atoms with Crippen LogP contribution < -0.4 is 0 Å². The summed E-state index contributed by atoms with van der Waals surface area (Å²) in [6.45, 7) is 4.84. The van der Waals surface area contributed by atoms with Gasteiger partial charge in [0, 0.05) is 39.7 Å². The molecule has 0 aromatic rings. The fourth-order valence-electron chi connectivity index (χ4n) is 2.38. The zero-order valence-electron chi connectivity index (χ0n) is 10.4. The van der Waals surface area contributed by atoms with Crippen LogP contribution in [0.15, 0.2) is 0 Å². The van der Waals surface area contributed by atoms with Crippen molar-refractivity contribution in [3.05, 3.63) is 0 Å². The maximum absolute atomic E-state index is 12.1. The number of ether oxygens (including phenoxy) is 1. The highest BCUT2D eigenvalue weighted by Gasteiger charge is 2.29. The van der Waals surface area contributed by atoms with E-state index in [0.717, 1.165) is 19.3 Å². The van der Waals surface area contributed by atoms with E-state index < -0.39 is 0 Å². The summed E-state index contributed by atoms with van der Waals surface area (Å²) in [7, 11) is 0. The molecule has 96 valence electrons. The van der Waals surface area contributed by atoms with Crippen molar-refractivity contribution in [3.8, 4) is 0 Å². The van der Waals surface area contributed by atoms with E-state index in [4.69, 9.17) is 4.74 Å². The minimum Gasteiger partial charge on any atom is -0.368 e. The number of carbonyl (C=O) groups excluding carboxylic acids is 2. The second-order valence-electron chi connectivity index (χ2n) is 4.69. The number of piperazine rings is 1. The number of nitrogens with zero attached hydrogens (tertiary/aromatic N) is 2. The predicted octanol–water partition coefficient (Wildman–Crippen LogP) is 0.246.